The van der Waals surface area contributed by atoms with Gasteiger partial charge in [-0.2, -0.15) is 5.26 Å². The number of hydrogen-bond donors (Lipinski definition) is 0. The van der Waals surface area contributed by atoms with E-state index in [-0.39, 0.29) is 28.2 Å². The Bertz CT molecular complexity index is 511. The smallest absolute Gasteiger partial charge is 0.241 e. The number of amides is 1. The zero-order valence-electron chi connectivity index (χ0n) is 10.4. The Labute approximate surface area is 114 Å². The zero-order valence-corrected chi connectivity index (χ0v) is 12.0. The van der Waals surface area contributed by atoms with Gasteiger partial charge in [0.25, 0.3) is 0 Å². The molecule has 1 aromatic rings. The molecule has 0 aliphatic rings. The lowest BCUT2D eigenvalue weighted by Crippen LogP contribution is -2.34. The summed E-state index contributed by atoms with van der Waals surface area (Å²) in [6.45, 7) is 0.0717. The second-order valence-electron chi connectivity index (χ2n) is 4.02. The Hall–Kier alpha value is -1.61. The number of likely N-dealkylation sites (N-methyl/N-ethyl adjacent to an activating group) is 2. The zero-order chi connectivity index (χ0) is 13.9. The number of carbonyl (C=O) groups excluding carboxylic acids is 1. The normalized spacial score (nSPS) is 9.78. The average molecular weight is 314 g/mol. The maximum absolute atomic E-state index is 14.0. The molecule has 0 atom stereocenters. The van der Waals surface area contributed by atoms with Gasteiger partial charge in [-0.3, -0.25) is 4.79 Å². The van der Waals surface area contributed by atoms with E-state index in [0.29, 0.717) is 0 Å². The van der Waals surface area contributed by atoms with Gasteiger partial charge in [-0.15, -0.1) is 0 Å². The van der Waals surface area contributed by atoms with Gasteiger partial charge in [0, 0.05) is 21.1 Å². The van der Waals surface area contributed by atoms with Crippen molar-refractivity contribution in [3.63, 3.8) is 0 Å². The Morgan fingerprint density at radius 3 is 2.56 bits per heavy atom. The topological polar surface area (TPSA) is 47.3 Å². The van der Waals surface area contributed by atoms with E-state index in [2.05, 4.69) is 15.9 Å². The lowest BCUT2D eigenvalue weighted by molar-refractivity contribution is -0.127. The van der Waals surface area contributed by atoms with Gasteiger partial charge in [-0.05, 0) is 28.1 Å². The molecule has 0 N–H and O–H groups in total. The number of halogens is 2. The van der Waals surface area contributed by atoms with Crippen LogP contribution in [-0.4, -0.2) is 38.5 Å². The first-order chi connectivity index (χ1) is 8.38. The third-order valence-corrected chi connectivity index (χ3v) is 3.24. The highest BCUT2D eigenvalue weighted by Gasteiger charge is 2.16. The van der Waals surface area contributed by atoms with Crippen LogP contribution >= 0.6 is 15.9 Å². The first-order valence-corrected chi connectivity index (χ1v) is 5.97. The highest BCUT2D eigenvalue weighted by Crippen LogP contribution is 2.28. The first-order valence-electron chi connectivity index (χ1n) is 5.18. The molecule has 0 aliphatic heterocycles. The van der Waals surface area contributed by atoms with Crippen molar-refractivity contribution in [2.75, 3.05) is 32.6 Å². The van der Waals surface area contributed by atoms with E-state index >= 15 is 0 Å². The van der Waals surface area contributed by atoms with E-state index < -0.39 is 5.82 Å². The van der Waals surface area contributed by atoms with E-state index in [9.17, 15) is 9.18 Å². The predicted octanol–water partition coefficient (Wildman–Crippen LogP) is 1.98. The van der Waals surface area contributed by atoms with Crippen LogP contribution in [-0.2, 0) is 4.79 Å². The number of nitriles is 1. The molecule has 0 saturated heterocycles. The summed E-state index contributed by atoms with van der Waals surface area (Å²) in [6, 6.07) is 4.88. The molecular weight excluding hydrogens is 301 g/mol. The Morgan fingerprint density at radius 1 is 1.44 bits per heavy atom. The molecule has 1 rings (SSSR count). The molecule has 0 heterocycles. The van der Waals surface area contributed by atoms with Crippen molar-refractivity contribution >= 4 is 27.5 Å². The van der Waals surface area contributed by atoms with E-state index in [0.717, 1.165) is 0 Å². The Morgan fingerprint density at radius 2 is 2.06 bits per heavy atom. The average Bonchev–Trinajstić information content (AvgIpc) is 2.32. The van der Waals surface area contributed by atoms with Gasteiger partial charge >= 0.3 is 0 Å². The van der Waals surface area contributed by atoms with Crippen molar-refractivity contribution in [1.29, 1.82) is 5.26 Å². The summed E-state index contributed by atoms with van der Waals surface area (Å²) in [7, 11) is 4.90. The van der Waals surface area contributed by atoms with Crippen LogP contribution in [0.1, 0.15) is 5.56 Å². The van der Waals surface area contributed by atoms with Crippen LogP contribution in [0.2, 0.25) is 0 Å². The summed E-state index contributed by atoms with van der Waals surface area (Å²) in [5, 5.41) is 8.77. The molecule has 0 spiro atoms. The third kappa shape index (κ3) is 2.99. The van der Waals surface area contributed by atoms with Gasteiger partial charge in [0.05, 0.1) is 22.3 Å². The molecule has 0 aromatic heterocycles. The van der Waals surface area contributed by atoms with E-state index in [1.54, 1.807) is 21.1 Å². The number of nitrogens with zero attached hydrogens (tertiary/aromatic N) is 3. The van der Waals surface area contributed by atoms with Crippen molar-refractivity contribution < 1.29 is 9.18 Å². The fraction of sp³-hybridized carbons (Fsp3) is 0.333. The number of benzene rings is 1. The van der Waals surface area contributed by atoms with Crippen molar-refractivity contribution in [2.24, 2.45) is 0 Å². The molecule has 0 aliphatic carbocycles. The second-order valence-corrected chi connectivity index (χ2v) is 4.81. The molecule has 18 heavy (non-hydrogen) atoms. The van der Waals surface area contributed by atoms with Crippen molar-refractivity contribution in [1.82, 2.24) is 4.90 Å². The number of anilines is 1. The van der Waals surface area contributed by atoms with Gasteiger partial charge in [-0.25, -0.2) is 4.39 Å². The molecule has 0 radical (unpaired) electrons. The maximum Gasteiger partial charge on any atom is 0.241 e. The van der Waals surface area contributed by atoms with Crippen LogP contribution in [0.4, 0.5) is 10.1 Å². The van der Waals surface area contributed by atoms with Gasteiger partial charge < -0.3 is 9.80 Å². The van der Waals surface area contributed by atoms with Crippen LogP contribution in [0.25, 0.3) is 0 Å². The quantitative estimate of drug-likeness (QED) is 0.857. The van der Waals surface area contributed by atoms with Gasteiger partial charge in [0.2, 0.25) is 5.91 Å². The molecule has 4 nitrogen and oxygen atoms in total. The molecule has 0 unspecified atom stereocenters. The van der Waals surface area contributed by atoms with Crippen molar-refractivity contribution in [3.05, 3.63) is 28.0 Å². The number of rotatable bonds is 3. The van der Waals surface area contributed by atoms with Gasteiger partial charge in [0.15, 0.2) is 5.82 Å². The standard InChI is InChI=1S/C12H13BrFN3O/c1-16(2)10(18)7-17(3)9-5-4-8(6-15)11(13)12(9)14/h4-5H,7H2,1-3H3. The predicted molar refractivity (Wildman–Crippen MR) is 70.8 cm³/mol. The Balaban J connectivity index is 3.01. The van der Waals surface area contributed by atoms with Gasteiger partial charge in [-0.1, -0.05) is 0 Å². The maximum atomic E-state index is 14.0. The highest BCUT2D eigenvalue weighted by atomic mass is 79.9. The van der Waals surface area contributed by atoms with Crippen LogP contribution in [0.5, 0.6) is 0 Å². The third-order valence-electron chi connectivity index (χ3n) is 2.46. The molecule has 1 aromatic carbocycles. The fourth-order valence-electron chi connectivity index (χ4n) is 1.35. The highest BCUT2D eigenvalue weighted by molar-refractivity contribution is 9.10. The summed E-state index contributed by atoms with van der Waals surface area (Å²) in [4.78, 5) is 14.5. The van der Waals surface area contributed by atoms with E-state index in [1.165, 1.54) is 21.9 Å². The van der Waals surface area contributed by atoms with Crippen LogP contribution in [0.3, 0.4) is 0 Å². The molecule has 0 fully saturated rings. The lowest BCUT2D eigenvalue weighted by Gasteiger charge is -2.22. The van der Waals surface area contributed by atoms with E-state index in [1.807, 2.05) is 6.07 Å². The summed E-state index contributed by atoms with van der Waals surface area (Å²) >= 11 is 3.04. The van der Waals surface area contributed by atoms with Crippen LogP contribution in [0.15, 0.2) is 16.6 Å². The van der Waals surface area contributed by atoms with Gasteiger partial charge in [0.1, 0.15) is 6.07 Å². The summed E-state index contributed by atoms with van der Waals surface area (Å²) < 4.78 is 14.1. The van der Waals surface area contributed by atoms with Crippen LogP contribution in [0, 0.1) is 17.1 Å². The minimum absolute atomic E-state index is 0.0717. The van der Waals surface area contributed by atoms with Crippen molar-refractivity contribution in [2.45, 2.75) is 0 Å². The molecule has 1 amide bonds. The first kappa shape index (κ1) is 14.5. The van der Waals surface area contributed by atoms with Crippen molar-refractivity contribution in [3.8, 4) is 6.07 Å². The number of hydrogen-bond acceptors (Lipinski definition) is 3. The summed E-state index contributed by atoms with van der Waals surface area (Å²) in [5.41, 5.74) is 0.500. The van der Waals surface area contributed by atoms with E-state index in [4.69, 9.17) is 5.26 Å². The molecular formula is C12H13BrFN3O. The number of carbonyl (C=O) groups is 1. The molecule has 0 bridgehead atoms. The second kappa shape index (κ2) is 5.83. The summed E-state index contributed by atoms with van der Waals surface area (Å²) in [5.74, 6) is -0.666. The molecule has 6 heteroatoms. The Kier molecular flexibility index (Phi) is 4.68. The minimum atomic E-state index is -0.539. The lowest BCUT2D eigenvalue weighted by atomic mass is 10.2. The fourth-order valence-corrected chi connectivity index (χ4v) is 1.77. The monoisotopic (exact) mass is 313 g/mol. The minimum Gasteiger partial charge on any atom is -0.363 e. The molecule has 96 valence electrons. The molecule has 0 saturated carbocycles. The van der Waals surface area contributed by atoms with Crippen LogP contribution < -0.4 is 4.90 Å². The largest absolute Gasteiger partial charge is 0.363 e. The summed E-state index contributed by atoms with van der Waals surface area (Å²) in [6.07, 6.45) is 0. The SMILES string of the molecule is CN(C)C(=O)CN(C)c1ccc(C#N)c(Br)c1F.